The second-order valence-electron chi connectivity index (χ2n) is 3.23. The van der Waals surface area contributed by atoms with Gasteiger partial charge in [-0.25, -0.2) is 0 Å². The van der Waals surface area contributed by atoms with Crippen LogP contribution in [-0.2, 0) is 6.54 Å². The number of aromatic nitrogens is 3. The summed E-state index contributed by atoms with van der Waals surface area (Å²) in [6.45, 7) is 2.97. The molecular weight excluding hydrogens is 340 g/mol. The first kappa shape index (κ1) is 13.5. The predicted molar refractivity (Wildman–Crippen MR) is 75.4 cm³/mol. The molecule has 0 bridgehead atoms. The molecule has 96 valence electrons. The number of rotatable bonds is 5. The quantitative estimate of drug-likeness (QED) is 0.897. The molecule has 2 rings (SSSR count). The highest BCUT2D eigenvalue weighted by atomic mass is 79.9. The normalized spacial score (nSPS) is 10.4. The van der Waals surface area contributed by atoms with Crippen molar-refractivity contribution in [1.29, 1.82) is 0 Å². The van der Waals surface area contributed by atoms with Crippen LogP contribution in [0, 0.1) is 0 Å². The van der Waals surface area contributed by atoms with Crippen LogP contribution < -0.4 is 10.1 Å². The van der Waals surface area contributed by atoms with Crippen molar-refractivity contribution in [1.82, 2.24) is 15.0 Å². The lowest BCUT2D eigenvalue weighted by atomic mass is 10.5. The van der Waals surface area contributed by atoms with Gasteiger partial charge >= 0.3 is 6.01 Å². The molecule has 0 radical (unpaired) electrons. The number of halogens is 2. The summed E-state index contributed by atoms with van der Waals surface area (Å²) >= 11 is 10.8. The fourth-order valence-corrected chi connectivity index (χ4v) is 2.76. The molecule has 0 saturated heterocycles. The smallest absolute Gasteiger partial charge is 0.322 e. The minimum atomic E-state index is 0.114. The molecule has 0 amide bonds. The molecule has 0 aliphatic carbocycles. The number of ether oxygens (including phenoxy) is 1. The van der Waals surface area contributed by atoms with Crippen molar-refractivity contribution >= 4 is 44.8 Å². The Hall–Kier alpha value is -0.920. The third-order valence-corrected chi connectivity index (χ3v) is 3.77. The Bertz CT molecular complexity index is 536. The van der Waals surface area contributed by atoms with Gasteiger partial charge in [0.1, 0.15) is 0 Å². The topological polar surface area (TPSA) is 59.9 Å². The molecule has 5 nitrogen and oxygen atoms in total. The Kier molecular flexibility index (Phi) is 4.73. The second-order valence-corrected chi connectivity index (χ2v) is 5.48. The SMILES string of the molecule is CCOc1nc(Cl)nc(NCc2cc(Br)cs2)n1. The van der Waals surface area contributed by atoms with Gasteiger partial charge in [0, 0.05) is 14.7 Å². The Morgan fingerprint density at radius 1 is 1.44 bits per heavy atom. The molecule has 0 atom stereocenters. The number of hydrogen-bond acceptors (Lipinski definition) is 6. The number of thiophene rings is 1. The average molecular weight is 350 g/mol. The minimum absolute atomic E-state index is 0.114. The maximum atomic E-state index is 5.78. The summed E-state index contributed by atoms with van der Waals surface area (Å²) in [5.41, 5.74) is 0. The Morgan fingerprint density at radius 3 is 2.94 bits per heavy atom. The highest BCUT2D eigenvalue weighted by Gasteiger charge is 2.06. The van der Waals surface area contributed by atoms with E-state index in [1.165, 1.54) is 0 Å². The zero-order valence-electron chi connectivity index (χ0n) is 9.48. The predicted octanol–water partition coefficient (Wildman–Crippen LogP) is 3.36. The van der Waals surface area contributed by atoms with Gasteiger partial charge in [-0.05, 0) is 40.5 Å². The van der Waals surface area contributed by atoms with Crippen LogP contribution in [0.25, 0.3) is 0 Å². The molecule has 2 aromatic heterocycles. The van der Waals surface area contributed by atoms with Gasteiger partial charge < -0.3 is 10.1 Å². The van der Waals surface area contributed by atoms with E-state index in [0.717, 1.165) is 9.35 Å². The molecule has 0 unspecified atom stereocenters. The zero-order valence-corrected chi connectivity index (χ0v) is 12.6. The first-order valence-electron chi connectivity index (χ1n) is 5.18. The van der Waals surface area contributed by atoms with Crippen molar-refractivity contribution in [3.8, 4) is 6.01 Å². The van der Waals surface area contributed by atoms with Crippen LogP contribution in [0.3, 0.4) is 0 Å². The number of hydrogen-bond donors (Lipinski definition) is 1. The molecule has 18 heavy (non-hydrogen) atoms. The summed E-state index contributed by atoms with van der Waals surface area (Å²) in [6.07, 6.45) is 0. The zero-order chi connectivity index (χ0) is 13.0. The third-order valence-electron chi connectivity index (χ3n) is 1.90. The Balaban J connectivity index is 2.04. The van der Waals surface area contributed by atoms with Gasteiger partial charge in [-0.2, -0.15) is 15.0 Å². The van der Waals surface area contributed by atoms with E-state index in [2.05, 4.69) is 36.2 Å². The minimum Gasteiger partial charge on any atom is -0.464 e. The molecule has 1 N–H and O–H groups in total. The van der Waals surface area contributed by atoms with Gasteiger partial charge in [-0.1, -0.05) is 0 Å². The molecule has 0 aromatic carbocycles. The van der Waals surface area contributed by atoms with Gasteiger partial charge in [0.05, 0.1) is 13.2 Å². The van der Waals surface area contributed by atoms with E-state index in [0.29, 0.717) is 19.1 Å². The van der Waals surface area contributed by atoms with Crippen molar-refractivity contribution in [2.75, 3.05) is 11.9 Å². The van der Waals surface area contributed by atoms with Crippen molar-refractivity contribution < 1.29 is 4.74 Å². The van der Waals surface area contributed by atoms with Crippen molar-refractivity contribution in [3.63, 3.8) is 0 Å². The number of nitrogens with zero attached hydrogens (tertiary/aromatic N) is 3. The molecule has 0 aliphatic rings. The molecular formula is C10H10BrClN4OS. The maximum Gasteiger partial charge on any atom is 0.322 e. The molecule has 8 heteroatoms. The lowest BCUT2D eigenvalue weighted by Gasteiger charge is -2.05. The van der Waals surface area contributed by atoms with Gasteiger partial charge in [-0.3, -0.25) is 0 Å². The highest BCUT2D eigenvalue weighted by molar-refractivity contribution is 9.10. The van der Waals surface area contributed by atoms with Crippen LogP contribution in [-0.4, -0.2) is 21.6 Å². The Labute approximate surface area is 122 Å². The molecule has 2 aromatic rings. The summed E-state index contributed by atoms with van der Waals surface area (Å²) in [5, 5.41) is 5.21. The molecule has 0 saturated carbocycles. The van der Waals surface area contributed by atoms with E-state index in [4.69, 9.17) is 16.3 Å². The summed E-state index contributed by atoms with van der Waals surface area (Å²) in [4.78, 5) is 13.1. The number of nitrogens with one attached hydrogen (secondary N) is 1. The van der Waals surface area contributed by atoms with Crippen molar-refractivity contribution in [2.45, 2.75) is 13.5 Å². The maximum absolute atomic E-state index is 5.78. The molecule has 2 heterocycles. The van der Waals surface area contributed by atoms with Gasteiger partial charge in [-0.15, -0.1) is 11.3 Å². The Morgan fingerprint density at radius 2 is 2.28 bits per heavy atom. The van der Waals surface area contributed by atoms with E-state index < -0.39 is 0 Å². The van der Waals surface area contributed by atoms with Crippen LogP contribution >= 0.6 is 38.9 Å². The summed E-state index contributed by atoms with van der Waals surface area (Å²) in [7, 11) is 0. The van der Waals surface area contributed by atoms with E-state index in [1.54, 1.807) is 11.3 Å². The van der Waals surface area contributed by atoms with E-state index in [-0.39, 0.29) is 11.3 Å². The lowest BCUT2D eigenvalue weighted by Crippen LogP contribution is -2.06. The van der Waals surface area contributed by atoms with Crippen LogP contribution in [0.5, 0.6) is 6.01 Å². The van der Waals surface area contributed by atoms with E-state index in [1.807, 2.05) is 18.4 Å². The highest BCUT2D eigenvalue weighted by Crippen LogP contribution is 2.20. The van der Waals surface area contributed by atoms with Crippen LogP contribution in [0.2, 0.25) is 5.28 Å². The van der Waals surface area contributed by atoms with E-state index in [9.17, 15) is 0 Å². The summed E-state index contributed by atoms with van der Waals surface area (Å²) < 4.78 is 6.25. The molecule has 0 aliphatic heterocycles. The van der Waals surface area contributed by atoms with Crippen LogP contribution in [0.1, 0.15) is 11.8 Å². The largest absolute Gasteiger partial charge is 0.464 e. The van der Waals surface area contributed by atoms with Crippen molar-refractivity contribution in [2.24, 2.45) is 0 Å². The fraction of sp³-hybridized carbons (Fsp3) is 0.300. The third kappa shape index (κ3) is 3.79. The van der Waals surface area contributed by atoms with E-state index >= 15 is 0 Å². The summed E-state index contributed by atoms with van der Waals surface area (Å²) in [6, 6.07) is 2.26. The average Bonchev–Trinajstić information content (AvgIpc) is 2.72. The lowest BCUT2D eigenvalue weighted by molar-refractivity contribution is 0.312. The first-order chi connectivity index (χ1) is 8.67. The van der Waals surface area contributed by atoms with Crippen LogP contribution in [0.4, 0.5) is 5.95 Å². The van der Waals surface area contributed by atoms with Gasteiger partial charge in [0.25, 0.3) is 0 Å². The molecule has 0 spiro atoms. The van der Waals surface area contributed by atoms with Gasteiger partial charge in [0.2, 0.25) is 11.2 Å². The standard InChI is InChI=1S/C10H10BrClN4OS/c1-2-17-10-15-8(12)14-9(16-10)13-4-7-3-6(11)5-18-7/h3,5H,2,4H2,1H3,(H,13,14,15,16). The summed E-state index contributed by atoms with van der Waals surface area (Å²) in [5.74, 6) is 0.406. The fourth-order valence-electron chi connectivity index (χ4n) is 1.22. The van der Waals surface area contributed by atoms with Crippen molar-refractivity contribution in [3.05, 3.63) is 26.1 Å². The number of anilines is 1. The van der Waals surface area contributed by atoms with Gasteiger partial charge in [0.15, 0.2) is 0 Å². The second kappa shape index (κ2) is 6.31. The van der Waals surface area contributed by atoms with Crippen LogP contribution in [0.15, 0.2) is 15.9 Å². The monoisotopic (exact) mass is 348 g/mol. The first-order valence-corrected chi connectivity index (χ1v) is 7.23. The molecule has 0 fully saturated rings.